The molecule has 1 aliphatic heterocycles. The Balaban J connectivity index is 1.44. The predicted molar refractivity (Wildman–Crippen MR) is 93.7 cm³/mol. The number of benzene rings is 1. The third-order valence-electron chi connectivity index (χ3n) is 4.50. The molecule has 0 radical (unpaired) electrons. The first kappa shape index (κ1) is 15.8. The van der Waals surface area contributed by atoms with Gasteiger partial charge in [-0.2, -0.15) is 0 Å². The topological polar surface area (TPSA) is 37.4 Å². The van der Waals surface area contributed by atoms with Crippen LogP contribution in [0.4, 0.5) is 5.82 Å². The van der Waals surface area contributed by atoms with Gasteiger partial charge in [0.15, 0.2) is 11.6 Å². The lowest BCUT2D eigenvalue weighted by Crippen LogP contribution is -2.35. The number of piperidine rings is 1. The Hall–Kier alpha value is -2.07. The first-order valence-corrected chi connectivity index (χ1v) is 8.34. The lowest BCUT2D eigenvalue weighted by Gasteiger charge is -2.32. The molecule has 0 spiro atoms. The molecule has 0 saturated carbocycles. The third kappa shape index (κ3) is 4.45. The largest absolute Gasteiger partial charge is 0.493 e. The summed E-state index contributed by atoms with van der Waals surface area (Å²) in [6.45, 7) is 4.36. The first-order chi connectivity index (χ1) is 11.3. The third-order valence-corrected chi connectivity index (χ3v) is 4.50. The van der Waals surface area contributed by atoms with Crippen molar-refractivity contribution in [1.82, 2.24) is 9.88 Å². The molecular formula is C19H25N3O. The van der Waals surface area contributed by atoms with Crippen molar-refractivity contribution in [3.63, 3.8) is 0 Å². The van der Waals surface area contributed by atoms with E-state index in [1.807, 2.05) is 12.1 Å². The van der Waals surface area contributed by atoms with E-state index < -0.39 is 0 Å². The van der Waals surface area contributed by atoms with Crippen LogP contribution in [0.5, 0.6) is 5.75 Å². The molecular weight excluding hydrogens is 286 g/mol. The molecule has 2 aromatic rings. The number of hydrogen-bond donors (Lipinski definition) is 1. The van der Waals surface area contributed by atoms with Crippen LogP contribution in [0.3, 0.4) is 0 Å². The van der Waals surface area contributed by atoms with Gasteiger partial charge in [-0.3, -0.25) is 4.90 Å². The van der Waals surface area contributed by atoms with E-state index in [4.69, 9.17) is 4.74 Å². The van der Waals surface area contributed by atoms with Crippen LogP contribution in [-0.4, -0.2) is 36.6 Å². The summed E-state index contributed by atoms with van der Waals surface area (Å²) in [6.07, 6.45) is 4.26. The van der Waals surface area contributed by atoms with Gasteiger partial charge < -0.3 is 10.1 Å². The van der Waals surface area contributed by atoms with Crippen LogP contribution in [-0.2, 0) is 6.54 Å². The van der Waals surface area contributed by atoms with E-state index in [0.29, 0.717) is 5.92 Å². The molecule has 1 N–H and O–H groups in total. The van der Waals surface area contributed by atoms with Crippen molar-refractivity contribution in [1.29, 1.82) is 0 Å². The van der Waals surface area contributed by atoms with Crippen molar-refractivity contribution in [2.24, 2.45) is 5.92 Å². The second-order valence-corrected chi connectivity index (χ2v) is 6.14. The van der Waals surface area contributed by atoms with E-state index in [9.17, 15) is 0 Å². The maximum atomic E-state index is 5.34. The van der Waals surface area contributed by atoms with Gasteiger partial charge in [-0.1, -0.05) is 30.3 Å². The molecule has 1 aliphatic rings. The Bertz CT molecular complexity index is 595. The van der Waals surface area contributed by atoms with Gasteiger partial charge in [0.1, 0.15) is 0 Å². The van der Waals surface area contributed by atoms with Gasteiger partial charge in [0.25, 0.3) is 0 Å². The van der Waals surface area contributed by atoms with E-state index in [1.165, 1.54) is 31.5 Å². The zero-order chi connectivity index (χ0) is 15.9. The molecule has 1 saturated heterocycles. The molecule has 0 unspecified atom stereocenters. The van der Waals surface area contributed by atoms with Gasteiger partial charge in [0.2, 0.25) is 0 Å². The number of anilines is 1. The Morgan fingerprint density at radius 1 is 1.13 bits per heavy atom. The van der Waals surface area contributed by atoms with Crippen molar-refractivity contribution < 1.29 is 4.74 Å². The number of nitrogens with zero attached hydrogens (tertiary/aromatic N) is 2. The van der Waals surface area contributed by atoms with Gasteiger partial charge in [-0.05, 0) is 49.5 Å². The molecule has 0 amide bonds. The minimum Gasteiger partial charge on any atom is -0.493 e. The minimum absolute atomic E-state index is 0.703. The van der Waals surface area contributed by atoms with Crippen LogP contribution in [0.1, 0.15) is 18.4 Å². The molecule has 0 bridgehead atoms. The highest BCUT2D eigenvalue weighted by Gasteiger charge is 2.19. The zero-order valence-electron chi connectivity index (χ0n) is 13.7. The van der Waals surface area contributed by atoms with Gasteiger partial charge in [0.05, 0.1) is 7.11 Å². The van der Waals surface area contributed by atoms with Crippen molar-refractivity contribution in [2.45, 2.75) is 19.4 Å². The smallest absolute Gasteiger partial charge is 0.168 e. The number of aromatic nitrogens is 1. The number of likely N-dealkylation sites (tertiary alicyclic amines) is 1. The fourth-order valence-corrected chi connectivity index (χ4v) is 3.12. The van der Waals surface area contributed by atoms with Crippen LogP contribution in [0.25, 0.3) is 0 Å². The van der Waals surface area contributed by atoms with Crippen LogP contribution >= 0.6 is 0 Å². The molecule has 0 aliphatic carbocycles. The van der Waals surface area contributed by atoms with Gasteiger partial charge in [-0.15, -0.1) is 0 Å². The van der Waals surface area contributed by atoms with Gasteiger partial charge in [0, 0.05) is 19.3 Å². The second kappa shape index (κ2) is 7.97. The summed E-state index contributed by atoms with van der Waals surface area (Å²) in [5.74, 6) is 2.37. The maximum absolute atomic E-state index is 5.34. The van der Waals surface area contributed by atoms with Crippen molar-refractivity contribution in [3.8, 4) is 5.75 Å². The number of ether oxygens (including phenoxy) is 1. The molecule has 3 rings (SSSR count). The molecule has 1 aromatic heterocycles. The molecule has 122 valence electrons. The monoisotopic (exact) mass is 311 g/mol. The Morgan fingerprint density at radius 3 is 2.65 bits per heavy atom. The van der Waals surface area contributed by atoms with Crippen LogP contribution in [0.15, 0.2) is 48.7 Å². The highest BCUT2D eigenvalue weighted by molar-refractivity contribution is 5.49. The predicted octanol–water partition coefficient (Wildman–Crippen LogP) is 3.41. The van der Waals surface area contributed by atoms with E-state index >= 15 is 0 Å². The maximum Gasteiger partial charge on any atom is 0.168 e. The average molecular weight is 311 g/mol. The molecule has 4 nitrogen and oxygen atoms in total. The lowest BCUT2D eigenvalue weighted by molar-refractivity contribution is 0.182. The van der Waals surface area contributed by atoms with Crippen LogP contribution < -0.4 is 10.1 Å². The highest BCUT2D eigenvalue weighted by Crippen LogP contribution is 2.23. The quantitative estimate of drug-likeness (QED) is 0.887. The molecule has 0 atom stereocenters. The summed E-state index contributed by atoms with van der Waals surface area (Å²) in [5, 5.41) is 3.44. The van der Waals surface area contributed by atoms with Gasteiger partial charge >= 0.3 is 0 Å². The number of methoxy groups -OCH3 is 1. The van der Waals surface area contributed by atoms with E-state index in [-0.39, 0.29) is 0 Å². The average Bonchev–Trinajstić information content (AvgIpc) is 2.62. The minimum atomic E-state index is 0.703. The number of nitrogens with one attached hydrogen (secondary N) is 1. The lowest BCUT2D eigenvalue weighted by atomic mass is 9.96. The normalized spacial score (nSPS) is 16.2. The van der Waals surface area contributed by atoms with E-state index in [1.54, 1.807) is 13.3 Å². The Morgan fingerprint density at radius 2 is 1.91 bits per heavy atom. The summed E-state index contributed by atoms with van der Waals surface area (Å²) in [5.41, 5.74) is 1.40. The SMILES string of the molecule is COc1cccnc1NCC1CCN(Cc2ccccc2)CC1. The van der Waals surface area contributed by atoms with Crippen molar-refractivity contribution in [2.75, 3.05) is 32.1 Å². The summed E-state index contributed by atoms with van der Waals surface area (Å²) < 4.78 is 5.34. The summed E-state index contributed by atoms with van der Waals surface area (Å²) in [6, 6.07) is 14.6. The summed E-state index contributed by atoms with van der Waals surface area (Å²) >= 11 is 0. The fourth-order valence-electron chi connectivity index (χ4n) is 3.12. The molecule has 1 aromatic carbocycles. The number of pyridine rings is 1. The zero-order valence-corrected chi connectivity index (χ0v) is 13.7. The van der Waals surface area contributed by atoms with E-state index in [2.05, 4.69) is 45.5 Å². The van der Waals surface area contributed by atoms with Crippen LogP contribution in [0.2, 0.25) is 0 Å². The molecule has 23 heavy (non-hydrogen) atoms. The number of hydrogen-bond acceptors (Lipinski definition) is 4. The standard InChI is InChI=1S/C19H25N3O/c1-23-18-8-5-11-20-19(18)21-14-16-9-12-22(13-10-16)15-17-6-3-2-4-7-17/h2-8,11,16H,9-10,12-15H2,1H3,(H,20,21). The molecule has 4 heteroatoms. The molecule has 2 heterocycles. The summed E-state index contributed by atoms with van der Waals surface area (Å²) in [4.78, 5) is 6.91. The Labute approximate surface area is 138 Å². The fraction of sp³-hybridized carbons (Fsp3) is 0.421. The van der Waals surface area contributed by atoms with Crippen LogP contribution in [0, 0.1) is 5.92 Å². The summed E-state index contributed by atoms with van der Waals surface area (Å²) in [7, 11) is 1.68. The number of rotatable bonds is 6. The first-order valence-electron chi connectivity index (χ1n) is 8.34. The second-order valence-electron chi connectivity index (χ2n) is 6.14. The van der Waals surface area contributed by atoms with Crippen molar-refractivity contribution in [3.05, 3.63) is 54.2 Å². The van der Waals surface area contributed by atoms with Gasteiger partial charge in [-0.25, -0.2) is 4.98 Å². The Kier molecular flexibility index (Phi) is 5.48. The van der Waals surface area contributed by atoms with E-state index in [0.717, 1.165) is 24.7 Å². The van der Waals surface area contributed by atoms with Crippen molar-refractivity contribution >= 4 is 5.82 Å². The molecule has 1 fully saturated rings. The highest BCUT2D eigenvalue weighted by atomic mass is 16.5.